The van der Waals surface area contributed by atoms with Gasteiger partial charge in [0.1, 0.15) is 0 Å². The van der Waals surface area contributed by atoms with E-state index in [-0.39, 0.29) is 0 Å². The maximum absolute atomic E-state index is 7.15. The maximum Gasteiger partial charge on any atom is 0.496 e. The number of nitrogens with zero attached hydrogens (tertiary/aromatic N) is 10. The van der Waals surface area contributed by atoms with Crippen molar-refractivity contribution in [2.24, 2.45) is 0 Å². The Morgan fingerprint density at radius 3 is 1.69 bits per heavy atom. The van der Waals surface area contributed by atoms with Gasteiger partial charge >= 0.3 is 7.12 Å². The van der Waals surface area contributed by atoms with Crippen LogP contribution in [-0.4, -0.2) is 57.0 Å². The van der Waals surface area contributed by atoms with Crippen molar-refractivity contribution in [1.82, 2.24) is 38.7 Å². The molecule has 0 bridgehead atoms. The monoisotopic (exact) mass is 830 g/mol. The molecule has 16 heteroatoms. The molecule has 1 fully saturated rings. The normalized spacial score (nSPS) is 13.8. The molecule has 4 N–H and O–H groups in total. The van der Waals surface area contributed by atoms with Crippen LogP contribution in [0.2, 0.25) is 0 Å². The number of aromatic nitrogens is 8. The number of rotatable bonds is 4. The molecule has 0 unspecified atom stereocenters. The molecule has 0 amide bonds. The molecule has 8 aromatic heterocycles. The number of pyridine rings is 6. The van der Waals surface area contributed by atoms with Crippen molar-refractivity contribution in [3.63, 3.8) is 0 Å². The minimum Gasteiger partial charge on any atom is -0.399 e. The van der Waals surface area contributed by atoms with E-state index in [2.05, 4.69) is 55.5 Å². The first kappa shape index (κ1) is 39.3. The first-order chi connectivity index (χ1) is 27.8. The van der Waals surface area contributed by atoms with Crippen molar-refractivity contribution in [3.05, 3.63) is 150 Å². The largest absolute Gasteiger partial charge is 0.496 e. The smallest absolute Gasteiger partial charge is 0.399 e. The summed E-state index contributed by atoms with van der Waals surface area (Å²) < 4.78 is 17.1. The fraction of sp³-hybridized carbons (Fsp3) is 0.143. The SMILES string of the molecule is Nc1cncc(Br)c1.[C-]#[N+]c1cccc(-c2ncc3ccc(-c4cncc(N)c4)cn23)n1.[C-]#[N+]c1cccc(-c2ncc3ccc(B4OC(C)(C)C(C)(C)O4)cn23)n1. The summed E-state index contributed by atoms with van der Waals surface area (Å²) in [4.78, 5) is 32.3. The first-order valence-corrected chi connectivity index (χ1v) is 18.7. The number of nitrogen functional groups attached to an aromatic ring is 2. The Kier molecular flexibility index (Phi) is 11.0. The van der Waals surface area contributed by atoms with Crippen molar-refractivity contribution in [3.8, 4) is 34.2 Å². The van der Waals surface area contributed by atoms with Gasteiger partial charge in [0.2, 0.25) is 0 Å². The Labute approximate surface area is 343 Å². The number of halogens is 1. The number of imidazole rings is 2. The van der Waals surface area contributed by atoms with Gasteiger partial charge in [-0.25, -0.2) is 9.97 Å². The molecule has 58 heavy (non-hydrogen) atoms. The second kappa shape index (κ2) is 16.2. The zero-order valence-corrected chi connectivity index (χ0v) is 33.5. The lowest BCUT2D eigenvalue weighted by Crippen LogP contribution is -2.41. The van der Waals surface area contributed by atoms with Gasteiger partial charge in [0.05, 0.1) is 46.0 Å². The number of nitrogens with two attached hydrogens (primary N) is 2. The van der Waals surface area contributed by atoms with E-state index in [0.29, 0.717) is 46.0 Å². The summed E-state index contributed by atoms with van der Waals surface area (Å²) in [5.41, 5.74) is 17.7. The van der Waals surface area contributed by atoms with E-state index in [4.69, 9.17) is 33.9 Å². The molecule has 0 atom stereocenters. The summed E-state index contributed by atoms with van der Waals surface area (Å²) in [7, 11) is -0.442. The third-order valence-corrected chi connectivity index (χ3v) is 10.0. The zero-order valence-electron chi connectivity index (χ0n) is 31.9. The number of hydrogen-bond acceptors (Lipinski definition) is 10. The Morgan fingerprint density at radius 1 is 0.638 bits per heavy atom. The predicted molar refractivity (Wildman–Crippen MR) is 229 cm³/mol. The molecular weight excluding hydrogens is 795 g/mol. The molecule has 0 aliphatic carbocycles. The van der Waals surface area contributed by atoms with Crippen molar-refractivity contribution in [1.29, 1.82) is 0 Å². The van der Waals surface area contributed by atoms with Crippen molar-refractivity contribution < 1.29 is 9.31 Å². The standard InChI is InChI=1S/C19H19BN4O2.C18H12N6.C5H5BrN2/c1-18(2)19(3,4)26-20(25-18)13-9-10-14-11-22-17(24(14)12-13)15-7-6-8-16(21-5)23-15;1-20-17-4-2-3-16(23-17)18-22-10-15-6-5-12(11-24(15)18)13-7-14(19)9-21-8-13;6-4-1-5(7)3-8-2-4/h6-12H,1-4H3;2-11H,19H2;1-3H,7H2. The third-order valence-electron chi connectivity index (χ3n) is 9.58. The molecule has 1 aliphatic heterocycles. The summed E-state index contributed by atoms with van der Waals surface area (Å²) >= 11 is 3.22. The van der Waals surface area contributed by atoms with Crippen LogP contribution in [0.5, 0.6) is 0 Å². The van der Waals surface area contributed by atoms with E-state index >= 15 is 0 Å². The molecule has 14 nitrogen and oxygen atoms in total. The van der Waals surface area contributed by atoms with Gasteiger partial charge in [0.15, 0.2) is 23.0 Å². The average molecular weight is 832 g/mol. The van der Waals surface area contributed by atoms with E-state index in [0.717, 1.165) is 32.1 Å². The second-order valence-electron chi connectivity index (χ2n) is 14.2. The highest BCUT2D eigenvalue weighted by Crippen LogP contribution is 2.36. The summed E-state index contributed by atoms with van der Waals surface area (Å²) in [5.74, 6) is 2.07. The summed E-state index contributed by atoms with van der Waals surface area (Å²) in [6.45, 7) is 22.4. The van der Waals surface area contributed by atoms with Gasteiger partial charge < -0.3 is 30.5 Å². The molecule has 0 spiro atoms. The lowest BCUT2D eigenvalue weighted by Gasteiger charge is -2.32. The molecule has 0 aromatic carbocycles. The Hall–Kier alpha value is -6.98. The predicted octanol–water partition coefficient (Wildman–Crippen LogP) is 8.26. The lowest BCUT2D eigenvalue weighted by molar-refractivity contribution is 0.00578. The van der Waals surface area contributed by atoms with Crippen LogP contribution in [0.4, 0.5) is 23.0 Å². The molecule has 1 aliphatic rings. The maximum atomic E-state index is 7.15. The van der Waals surface area contributed by atoms with Crippen LogP contribution in [0.3, 0.4) is 0 Å². The van der Waals surface area contributed by atoms with Gasteiger partial charge in [-0.05, 0) is 97.6 Å². The van der Waals surface area contributed by atoms with E-state index in [1.807, 2.05) is 103 Å². The minimum absolute atomic E-state index is 0.348. The minimum atomic E-state index is -0.442. The molecule has 0 radical (unpaired) electrons. The topological polar surface area (TPSA) is 165 Å². The second-order valence-corrected chi connectivity index (χ2v) is 15.1. The van der Waals surface area contributed by atoms with Gasteiger partial charge in [-0.3, -0.25) is 18.8 Å². The zero-order chi connectivity index (χ0) is 41.0. The van der Waals surface area contributed by atoms with Gasteiger partial charge in [0, 0.05) is 52.8 Å². The average Bonchev–Trinajstić information content (AvgIpc) is 3.90. The fourth-order valence-corrected chi connectivity index (χ4v) is 6.31. The van der Waals surface area contributed by atoms with Crippen LogP contribution < -0.4 is 16.9 Å². The quantitative estimate of drug-likeness (QED) is 0.130. The van der Waals surface area contributed by atoms with E-state index in [1.54, 1.807) is 55.4 Å². The number of anilines is 2. The molecule has 9 heterocycles. The summed E-state index contributed by atoms with van der Waals surface area (Å²) in [6.07, 6.45) is 14.2. The van der Waals surface area contributed by atoms with Crippen LogP contribution in [0.25, 0.3) is 54.9 Å². The van der Waals surface area contributed by atoms with Crippen LogP contribution >= 0.6 is 15.9 Å². The summed E-state index contributed by atoms with van der Waals surface area (Å²) in [6, 6.07) is 22.3. The molecule has 9 rings (SSSR count). The Morgan fingerprint density at radius 2 is 1.17 bits per heavy atom. The fourth-order valence-electron chi connectivity index (χ4n) is 5.93. The summed E-state index contributed by atoms with van der Waals surface area (Å²) in [5, 5.41) is 0. The van der Waals surface area contributed by atoms with Crippen molar-refractivity contribution >= 4 is 62.6 Å². The van der Waals surface area contributed by atoms with Crippen LogP contribution in [0, 0.1) is 13.1 Å². The van der Waals surface area contributed by atoms with Gasteiger partial charge in [-0.1, -0.05) is 37.4 Å². The van der Waals surface area contributed by atoms with Crippen molar-refractivity contribution in [2.45, 2.75) is 38.9 Å². The highest BCUT2D eigenvalue weighted by Gasteiger charge is 2.51. The van der Waals surface area contributed by atoms with Crippen molar-refractivity contribution in [2.75, 3.05) is 11.5 Å². The number of fused-ring (bicyclic) bond motifs is 2. The van der Waals surface area contributed by atoms with Gasteiger partial charge in [0.25, 0.3) is 11.6 Å². The van der Waals surface area contributed by atoms with Crippen LogP contribution in [-0.2, 0) is 9.31 Å². The number of hydrogen-bond donors (Lipinski definition) is 2. The third kappa shape index (κ3) is 8.40. The molecule has 8 aromatic rings. The lowest BCUT2D eigenvalue weighted by atomic mass is 9.80. The van der Waals surface area contributed by atoms with Crippen LogP contribution in [0.15, 0.2) is 127 Å². The Balaban J connectivity index is 0.000000149. The first-order valence-electron chi connectivity index (χ1n) is 17.9. The molecule has 286 valence electrons. The molecule has 1 saturated heterocycles. The highest BCUT2D eigenvalue weighted by molar-refractivity contribution is 9.10. The van der Waals surface area contributed by atoms with E-state index in [1.165, 1.54) is 0 Å². The van der Waals surface area contributed by atoms with E-state index in [9.17, 15) is 0 Å². The van der Waals surface area contributed by atoms with E-state index < -0.39 is 18.3 Å². The van der Waals surface area contributed by atoms with Crippen LogP contribution in [0.1, 0.15) is 27.7 Å². The molecule has 0 saturated carbocycles. The molecular formula is C42H36BBrN12O2. The Bertz CT molecular complexity index is 2830. The van der Waals surface area contributed by atoms with Gasteiger partial charge in [-0.15, -0.1) is 9.97 Å². The highest BCUT2D eigenvalue weighted by atomic mass is 79.9. The van der Waals surface area contributed by atoms with Gasteiger partial charge in [-0.2, -0.15) is 0 Å².